The Bertz CT molecular complexity index is 438. The minimum atomic E-state index is 0.108. The molecule has 0 fully saturated rings. The zero-order valence-electron chi connectivity index (χ0n) is 11.9. The first-order chi connectivity index (χ1) is 8.92. The van der Waals surface area contributed by atoms with Crippen LogP contribution in [-0.2, 0) is 0 Å². The van der Waals surface area contributed by atoms with Gasteiger partial charge in [0.25, 0.3) is 5.91 Å². The van der Waals surface area contributed by atoms with E-state index in [1.54, 1.807) is 0 Å². The summed E-state index contributed by atoms with van der Waals surface area (Å²) in [7, 11) is 0. The molecule has 0 saturated heterocycles. The van der Waals surface area contributed by atoms with Gasteiger partial charge in [0.2, 0.25) is 0 Å². The maximum absolute atomic E-state index is 12.7. The molecule has 0 bridgehead atoms. The van der Waals surface area contributed by atoms with Gasteiger partial charge < -0.3 is 4.90 Å². The highest BCUT2D eigenvalue weighted by Gasteiger charge is 2.24. The Morgan fingerprint density at radius 2 is 1.63 bits per heavy atom. The van der Waals surface area contributed by atoms with Gasteiger partial charge in [0, 0.05) is 26.6 Å². The number of nitrogens with zero attached hydrogens (tertiary/aromatic N) is 1. The molecule has 0 N–H and O–H groups in total. The van der Waals surface area contributed by atoms with Gasteiger partial charge in [-0.05, 0) is 76.7 Å². The molecule has 0 saturated carbocycles. The number of hydrogen-bond acceptors (Lipinski definition) is 1. The SMILES string of the molecule is CCC(C)N(C(=O)c1ccc(Br)c(Br)c1)C(C)CC. The molecule has 1 amide bonds. The van der Waals surface area contributed by atoms with Crippen molar-refractivity contribution in [2.75, 3.05) is 0 Å². The third-order valence-electron chi connectivity index (χ3n) is 3.53. The Labute approximate surface area is 132 Å². The topological polar surface area (TPSA) is 20.3 Å². The molecule has 2 unspecified atom stereocenters. The summed E-state index contributed by atoms with van der Waals surface area (Å²) >= 11 is 6.88. The van der Waals surface area contributed by atoms with E-state index in [1.165, 1.54) is 0 Å². The van der Waals surface area contributed by atoms with Gasteiger partial charge in [-0.3, -0.25) is 4.79 Å². The van der Waals surface area contributed by atoms with Gasteiger partial charge in [-0.2, -0.15) is 0 Å². The van der Waals surface area contributed by atoms with Gasteiger partial charge in [0.15, 0.2) is 0 Å². The van der Waals surface area contributed by atoms with Crippen molar-refractivity contribution in [1.82, 2.24) is 4.90 Å². The number of hydrogen-bond donors (Lipinski definition) is 0. The van der Waals surface area contributed by atoms with Crippen LogP contribution < -0.4 is 0 Å². The summed E-state index contributed by atoms with van der Waals surface area (Å²) < 4.78 is 1.87. The quantitative estimate of drug-likeness (QED) is 0.672. The predicted molar refractivity (Wildman–Crippen MR) is 87.5 cm³/mol. The molecule has 1 rings (SSSR count). The van der Waals surface area contributed by atoms with E-state index in [2.05, 4.69) is 59.6 Å². The molecule has 2 nitrogen and oxygen atoms in total. The molecule has 0 aliphatic rings. The Balaban J connectivity index is 3.08. The van der Waals surface area contributed by atoms with Gasteiger partial charge in [-0.15, -0.1) is 0 Å². The zero-order chi connectivity index (χ0) is 14.6. The smallest absolute Gasteiger partial charge is 0.254 e. The lowest BCUT2D eigenvalue weighted by Gasteiger charge is -2.34. The predicted octanol–water partition coefficient (Wildman–Crippen LogP) is 5.25. The first kappa shape index (κ1) is 16.7. The molecule has 1 aromatic rings. The van der Waals surface area contributed by atoms with E-state index in [0.717, 1.165) is 27.4 Å². The average Bonchev–Trinajstić information content (AvgIpc) is 2.41. The monoisotopic (exact) mass is 389 g/mol. The summed E-state index contributed by atoms with van der Waals surface area (Å²) in [5.74, 6) is 0.108. The van der Waals surface area contributed by atoms with Crippen molar-refractivity contribution in [3.8, 4) is 0 Å². The molecule has 2 atom stereocenters. The van der Waals surface area contributed by atoms with Crippen molar-refractivity contribution in [2.45, 2.75) is 52.6 Å². The van der Waals surface area contributed by atoms with Crippen molar-refractivity contribution in [3.63, 3.8) is 0 Å². The van der Waals surface area contributed by atoms with Crippen LogP contribution in [0.25, 0.3) is 0 Å². The molecule has 19 heavy (non-hydrogen) atoms. The molecule has 1 aromatic carbocycles. The second kappa shape index (κ2) is 7.44. The second-order valence-electron chi connectivity index (χ2n) is 4.86. The van der Waals surface area contributed by atoms with Crippen LogP contribution >= 0.6 is 31.9 Å². The Hall–Kier alpha value is -0.350. The lowest BCUT2D eigenvalue weighted by molar-refractivity contribution is 0.0598. The van der Waals surface area contributed by atoms with Crippen LogP contribution in [0.4, 0.5) is 0 Å². The van der Waals surface area contributed by atoms with Gasteiger partial charge in [-0.25, -0.2) is 0 Å². The van der Waals surface area contributed by atoms with Crippen molar-refractivity contribution in [1.29, 1.82) is 0 Å². The minimum absolute atomic E-state index is 0.108. The van der Waals surface area contributed by atoms with Crippen molar-refractivity contribution in [2.24, 2.45) is 0 Å². The summed E-state index contributed by atoms with van der Waals surface area (Å²) in [4.78, 5) is 14.7. The molecular weight excluding hydrogens is 370 g/mol. The molecule has 0 aromatic heterocycles. The second-order valence-corrected chi connectivity index (χ2v) is 6.56. The maximum Gasteiger partial charge on any atom is 0.254 e. The van der Waals surface area contributed by atoms with Crippen LogP contribution in [0.2, 0.25) is 0 Å². The molecule has 0 heterocycles. The summed E-state index contributed by atoms with van der Waals surface area (Å²) in [6.07, 6.45) is 1.93. The average molecular weight is 391 g/mol. The van der Waals surface area contributed by atoms with E-state index < -0.39 is 0 Å². The highest BCUT2D eigenvalue weighted by molar-refractivity contribution is 9.13. The van der Waals surface area contributed by atoms with Crippen LogP contribution in [0, 0.1) is 0 Å². The lowest BCUT2D eigenvalue weighted by atomic mass is 10.1. The molecule has 106 valence electrons. The molecule has 0 aliphatic carbocycles. The first-order valence-electron chi connectivity index (χ1n) is 6.70. The number of amides is 1. The van der Waals surface area contributed by atoms with Gasteiger partial charge in [0.1, 0.15) is 0 Å². The third-order valence-corrected chi connectivity index (χ3v) is 5.41. The first-order valence-corrected chi connectivity index (χ1v) is 8.28. The number of rotatable bonds is 5. The summed E-state index contributed by atoms with van der Waals surface area (Å²) in [5, 5.41) is 0. The summed E-state index contributed by atoms with van der Waals surface area (Å²) in [5.41, 5.74) is 0.732. The highest BCUT2D eigenvalue weighted by Crippen LogP contribution is 2.25. The third kappa shape index (κ3) is 4.06. The molecule has 4 heteroatoms. The van der Waals surface area contributed by atoms with Gasteiger partial charge >= 0.3 is 0 Å². The van der Waals surface area contributed by atoms with Gasteiger partial charge in [0.05, 0.1) is 0 Å². The summed E-state index contributed by atoms with van der Waals surface area (Å²) in [6, 6.07) is 6.16. The van der Waals surface area contributed by atoms with Crippen molar-refractivity contribution in [3.05, 3.63) is 32.7 Å². The number of halogens is 2. The van der Waals surface area contributed by atoms with E-state index >= 15 is 0 Å². The zero-order valence-corrected chi connectivity index (χ0v) is 15.1. The largest absolute Gasteiger partial charge is 0.333 e. The summed E-state index contributed by atoms with van der Waals surface area (Å²) in [6.45, 7) is 8.45. The highest BCUT2D eigenvalue weighted by atomic mass is 79.9. The van der Waals surface area contributed by atoms with Crippen LogP contribution in [-0.4, -0.2) is 22.9 Å². The lowest BCUT2D eigenvalue weighted by Crippen LogP contribution is -2.44. The normalized spacial score (nSPS) is 14.0. The fourth-order valence-electron chi connectivity index (χ4n) is 2.01. The maximum atomic E-state index is 12.7. The number of carbonyl (C=O) groups is 1. The van der Waals surface area contributed by atoms with E-state index in [0.29, 0.717) is 0 Å². The molecule has 0 aliphatic heterocycles. The van der Waals surface area contributed by atoms with Crippen LogP contribution in [0.5, 0.6) is 0 Å². The minimum Gasteiger partial charge on any atom is -0.333 e. The van der Waals surface area contributed by atoms with Crippen molar-refractivity contribution >= 4 is 37.8 Å². The Kier molecular flexibility index (Phi) is 6.54. The van der Waals surface area contributed by atoms with Crippen LogP contribution in [0.15, 0.2) is 27.1 Å². The Morgan fingerprint density at radius 3 is 2.05 bits per heavy atom. The van der Waals surface area contributed by atoms with E-state index in [-0.39, 0.29) is 18.0 Å². The number of carbonyl (C=O) groups excluding carboxylic acids is 1. The van der Waals surface area contributed by atoms with E-state index in [9.17, 15) is 4.79 Å². The standard InChI is InChI=1S/C15H21Br2NO/c1-5-10(3)18(11(4)6-2)15(19)12-7-8-13(16)14(17)9-12/h7-11H,5-6H2,1-4H3. The van der Waals surface area contributed by atoms with Crippen LogP contribution in [0.3, 0.4) is 0 Å². The number of benzene rings is 1. The molecule has 0 spiro atoms. The fraction of sp³-hybridized carbons (Fsp3) is 0.533. The van der Waals surface area contributed by atoms with E-state index in [4.69, 9.17) is 0 Å². The van der Waals surface area contributed by atoms with Gasteiger partial charge in [-0.1, -0.05) is 13.8 Å². The molecule has 0 radical (unpaired) electrons. The van der Waals surface area contributed by atoms with E-state index in [1.807, 2.05) is 23.1 Å². The fourth-order valence-corrected chi connectivity index (χ4v) is 2.63. The van der Waals surface area contributed by atoms with Crippen molar-refractivity contribution < 1.29 is 4.79 Å². The Morgan fingerprint density at radius 1 is 1.11 bits per heavy atom. The van der Waals surface area contributed by atoms with Crippen LogP contribution in [0.1, 0.15) is 50.9 Å². The molecular formula is C15H21Br2NO.